The molecule has 1 aliphatic carbocycles. The molecule has 1 fully saturated rings. The number of ether oxygens (including phenoxy) is 1. The predicted octanol–water partition coefficient (Wildman–Crippen LogP) is 3.96. The summed E-state index contributed by atoms with van der Waals surface area (Å²) in [6.07, 6.45) is 0.549. The average molecular weight is 444 g/mol. The first-order valence-corrected chi connectivity index (χ1v) is 11.9. The molecule has 2 aromatic rings. The van der Waals surface area contributed by atoms with E-state index in [1.165, 1.54) is 12.1 Å². The van der Waals surface area contributed by atoms with Crippen molar-refractivity contribution < 1.29 is 22.7 Å². The van der Waals surface area contributed by atoms with Crippen LogP contribution in [0.5, 0.6) is 0 Å². The molecule has 1 N–H and O–H groups in total. The van der Waals surface area contributed by atoms with E-state index in [0.29, 0.717) is 11.8 Å². The topological polar surface area (TPSA) is 89.5 Å². The second-order valence-corrected chi connectivity index (χ2v) is 11.1. The van der Waals surface area contributed by atoms with Crippen molar-refractivity contribution in [3.05, 3.63) is 65.2 Å². The fraction of sp³-hybridized carbons (Fsp3) is 0.417. The number of hydrogen-bond acceptors (Lipinski definition) is 5. The molecule has 0 aliphatic heterocycles. The first-order chi connectivity index (χ1) is 14.4. The van der Waals surface area contributed by atoms with E-state index in [4.69, 9.17) is 4.74 Å². The normalized spacial score (nSPS) is 23.1. The lowest BCUT2D eigenvalue weighted by atomic mass is 10.0. The van der Waals surface area contributed by atoms with Crippen LogP contribution in [0.3, 0.4) is 0 Å². The van der Waals surface area contributed by atoms with Crippen LogP contribution in [-0.4, -0.2) is 37.2 Å². The Morgan fingerprint density at radius 3 is 2.16 bits per heavy atom. The van der Waals surface area contributed by atoms with Crippen molar-refractivity contribution in [1.82, 2.24) is 5.32 Å². The van der Waals surface area contributed by atoms with Gasteiger partial charge in [-0.2, -0.15) is 0 Å². The number of carbonyl (C=O) groups is 2. The number of rotatable bonds is 6. The number of aldehydes is 1. The van der Waals surface area contributed by atoms with Crippen molar-refractivity contribution in [2.45, 2.75) is 68.2 Å². The Hall–Kier alpha value is -2.67. The largest absolute Gasteiger partial charge is 0.444 e. The zero-order chi connectivity index (χ0) is 23.0. The molecule has 1 aliphatic rings. The zero-order valence-electron chi connectivity index (χ0n) is 18.5. The smallest absolute Gasteiger partial charge is 0.408 e. The molecule has 7 heteroatoms. The van der Waals surface area contributed by atoms with Crippen molar-refractivity contribution >= 4 is 22.2 Å². The van der Waals surface area contributed by atoms with Crippen LogP contribution in [0, 0.1) is 6.92 Å². The Morgan fingerprint density at radius 2 is 1.68 bits per heavy atom. The van der Waals surface area contributed by atoms with Crippen LogP contribution >= 0.6 is 0 Å². The van der Waals surface area contributed by atoms with Gasteiger partial charge in [-0.1, -0.05) is 48.9 Å². The van der Waals surface area contributed by atoms with E-state index in [1.807, 2.05) is 38.1 Å². The molecule has 2 aromatic carbocycles. The lowest BCUT2D eigenvalue weighted by molar-refractivity contribution is -0.110. The van der Waals surface area contributed by atoms with Crippen LogP contribution in [0.1, 0.15) is 50.3 Å². The van der Waals surface area contributed by atoms with Crippen LogP contribution < -0.4 is 5.32 Å². The van der Waals surface area contributed by atoms with Gasteiger partial charge in [0.2, 0.25) is 0 Å². The number of aryl methyl sites for hydroxylation is 2. The maximum atomic E-state index is 13.5. The van der Waals surface area contributed by atoms with Crippen LogP contribution in [-0.2, 0) is 25.8 Å². The predicted molar refractivity (Wildman–Crippen MR) is 119 cm³/mol. The van der Waals surface area contributed by atoms with Gasteiger partial charge in [0.1, 0.15) is 22.7 Å². The molecular weight excluding hydrogens is 414 g/mol. The Kier molecular flexibility index (Phi) is 6.02. The number of benzene rings is 2. The van der Waals surface area contributed by atoms with Crippen molar-refractivity contribution in [2.75, 3.05) is 0 Å². The van der Waals surface area contributed by atoms with E-state index in [2.05, 4.69) is 5.32 Å². The number of alkyl carbamates (subject to hydrolysis) is 1. The van der Waals surface area contributed by atoms with E-state index < -0.39 is 38.2 Å². The van der Waals surface area contributed by atoms with Crippen molar-refractivity contribution in [1.29, 1.82) is 0 Å². The number of sulfone groups is 1. The van der Waals surface area contributed by atoms with Gasteiger partial charge in [0, 0.05) is 5.92 Å². The van der Waals surface area contributed by atoms with Gasteiger partial charge in [-0.15, -0.1) is 0 Å². The quantitative estimate of drug-likeness (QED) is 0.683. The highest BCUT2D eigenvalue weighted by Gasteiger charge is 2.73. The highest BCUT2D eigenvalue weighted by atomic mass is 32.2. The van der Waals surface area contributed by atoms with Crippen molar-refractivity contribution in [3.8, 4) is 0 Å². The zero-order valence-corrected chi connectivity index (χ0v) is 19.3. The molecule has 0 bridgehead atoms. The molecule has 166 valence electrons. The summed E-state index contributed by atoms with van der Waals surface area (Å²) in [6.45, 7) is 9.00. The van der Waals surface area contributed by atoms with E-state index in [-0.39, 0.29) is 4.90 Å². The summed E-state index contributed by atoms with van der Waals surface area (Å²) in [6, 6.07) is 14.0. The van der Waals surface area contributed by atoms with Gasteiger partial charge in [-0.25, -0.2) is 13.2 Å². The standard InChI is InChI=1S/C24H29NO5S/c1-6-17-9-11-18(12-10-17)20-21(31(28,29)19-13-7-16(2)8-14-19)24(20,15-26)25-22(27)30-23(3,4)5/h7-15,20-21H,6H2,1-5H3,(H,25,27)/t20-,21-,24-/m1/s1. The minimum absolute atomic E-state index is 0.119. The summed E-state index contributed by atoms with van der Waals surface area (Å²) in [5.41, 5.74) is 0.321. The van der Waals surface area contributed by atoms with Gasteiger partial charge in [0.05, 0.1) is 4.90 Å². The minimum atomic E-state index is -3.91. The molecule has 0 heterocycles. The molecule has 6 nitrogen and oxygen atoms in total. The second-order valence-electron chi connectivity index (χ2n) is 9.03. The van der Waals surface area contributed by atoms with Gasteiger partial charge < -0.3 is 14.8 Å². The number of hydrogen-bond donors (Lipinski definition) is 1. The molecule has 0 saturated heterocycles. The summed E-state index contributed by atoms with van der Waals surface area (Å²) in [5, 5.41) is 1.45. The second kappa shape index (κ2) is 8.11. The molecule has 1 amide bonds. The van der Waals surface area contributed by atoms with Crippen LogP contribution in [0.15, 0.2) is 53.4 Å². The molecule has 3 rings (SSSR count). The number of amides is 1. The first kappa shape index (κ1) is 23.0. The summed E-state index contributed by atoms with van der Waals surface area (Å²) < 4.78 is 32.3. The van der Waals surface area contributed by atoms with E-state index >= 15 is 0 Å². The molecule has 3 atom stereocenters. The Labute approximate surface area is 183 Å². The highest BCUT2D eigenvalue weighted by Crippen LogP contribution is 2.56. The van der Waals surface area contributed by atoms with Crippen LogP contribution in [0.4, 0.5) is 4.79 Å². The van der Waals surface area contributed by atoms with E-state index in [0.717, 1.165) is 17.5 Å². The molecule has 0 radical (unpaired) electrons. The molecular formula is C24H29NO5S. The SMILES string of the molecule is CCc1ccc([C@@H]2[C@@H](S(=O)(=O)c3ccc(C)cc3)[C@]2(C=O)NC(=O)OC(C)(C)C)cc1. The monoisotopic (exact) mass is 443 g/mol. The Balaban J connectivity index is 2.04. The van der Waals surface area contributed by atoms with Gasteiger partial charge in [-0.05, 0) is 57.4 Å². The van der Waals surface area contributed by atoms with Crippen molar-refractivity contribution in [2.24, 2.45) is 0 Å². The lowest BCUT2D eigenvalue weighted by Gasteiger charge is -2.22. The average Bonchev–Trinajstić information content (AvgIpc) is 3.36. The van der Waals surface area contributed by atoms with Crippen LogP contribution in [0.2, 0.25) is 0 Å². The van der Waals surface area contributed by atoms with Crippen LogP contribution in [0.25, 0.3) is 0 Å². The summed E-state index contributed by atoms with van der Waals surface area (Å²) in [5.74, 6) is -0.713. The first-order valence-electron chi connectivity index (χ1n) is 10.3. The van der Waals surface area contributed by atoms with Crippen molar-refractivity contribution in [3.63, 3.8) is 0 Å². The Bertz CT molecular complexity index is 1070. The van der Waals surface area contributed by atoms with E-state index in [9.17, 15) is 18.0 Å². The summed E-state index contributed by atoms with van der Waals surface area (Å²) in [7, 11) is -3.91. The van der Waals surface area contributed by atoms with E-state index in [1.54, 1.807) is 32.9 Å². The molecule has 0 aromatic heterocycles. The van der Waals surface area contributed by atoms with Gasteiger partial charge in [-0.3, -0.25) is 0 Å². The van der Waals surface area contributed by atoms with Gasteiger partial charge in [0.25, 0.3) is 0 Å². The van der Waals surface area contributed by atoms with Gasteiger partial charge >= 0.3 is 6.09 Å². The fourth-order valence-electron chi connectivity index (χ4n) is 3.90. The lowest BCUT2D eigenvalue weighted by Crippen LogP contribution is -2.45. The molecule has 31 heavy (non-hydrogen) atoms. The number of carbonyl (C=O) groups excluding carboxylic acids is 2. The molecule has 0 spiro atoms. The molecule has 1 saturated carbocycles. The summed E-state index contributed by atoms with van der Waals surface area (Å²) in [4.78, 5) is 24.9. The fourth-order valence-corrected chi connectivity index (χ4v) is 6.14. The Morgan fingerprint density at radius 1 is 1.10 bits per heavy atom. The third-order valence-electron chi connectivity index (χ3n) is 5.52. The number of nitrogens with one attached hydrogen (secondary N) is 1. The maximum Gasteiger partial charge on any atom is 0.408 e. The summed E-state index contributed by atoms with van der Waals surface area (Å²) >= 11 is 0. The van der Waals surface area contributed by atoms with Gasteiger partial charge in [0.15, 0.2) is 9.84 Å². The third-order valence-corrected chi connectivity index (χ3v) is 7.78. The molecule has 0 unspecified atom stereocenters. The highest BCUT2D eigenvalue weighted by molar-refractivity contribution is 7.92. The third kappa shape index (κ3) is 4.51. The minimum Gasteiger partial charge on any atom is -0.444 e. The maximum absolute atomic E-state index is 13.5.